The number of nitrogens with one attached hydrogen (secondary N) is 1. The molecule has 1 aromatic carbocycles. The van der Waals surface area contributed by atoms with Crippen LogP contribution in [0.5, 0.6) is 0 Å². The number of amides is 1. The number of thioether (sulfide) groups is 1. The molecule has 0 radical (unpaired) electrons. The minimum atomic E-state index is -0.586. The summed E-state index contributed by atoms with van der Waals surface area (Å²) < 4.78 is 2.18. The van der Waals surface area contributed by atoms with Crippen molar-refractivity contribution < 1.29 is 4.79 Å². The fourth-order valence-electron chi connectivity index (χ4n) is 2.65. The molecule has 1 amide bonds. The maximum Gasteiger partial charge on any atom is 0.238 e. The lowest BCUT2D eigenvalue weighted by molar-refractivity contribution is -0.124. The summed E-state index contributed by atoms with van der Waals surface area (Å²) in [5.41, 5.74) is 6.14. The standard InChI is InChI=1S/C15H19N3OS2/c1-2-17-15(13(16)19,10-7-8-10)9-20-14-18-11-5-3-4-6-12(11)21-14/h3-6,10,17H,2,7-9H2,1H3,(H2,16,19). The van der Waals surface area contributed by atoms with Crippen molar-refractivity contribution in [1.82, 2.24) is 10.3 Å². The van der Waals surface area contributed by atoms with Gasteiger partial charge in [-0.05, 0) is 37.4 Å². The van der Waals surface area contributed by atoms with Crippen LogP contribution in [0.25, 0.3) is 10.2 Å². The third-order valence-corrected chi connectivity index (χ3v) is 6.28. The molecule has 0 aliphatic heterocycles. The maximum absolute atomic E-state index is 12.0. The molecule has 1 aromatic heterocycles. The van der Waals surface area contributed by atoms with Crippen molar-refractivity contribution in [3.05, 3.63) is 24.3 Å². The van der Waals surface area contributed by atoms with Gasteiger partial charge in [-0.1, -0.05) is 30.8 Å². The fourth-order valence-corrected chi connectivity index (χ4v) is 5.03. The number of carbonyl (C=O) groups excluding carboxylic acids is 1. The van der Waals surface area contributed by atoms with Crippen molar-refractivity contribution >= 4 is 39.2 Å². The molecular weight excluding hydrogens is 302 g/mol. The Morgan fingerprint density at radius 2 is 2.29 bits per heavy atom. The molecule has 1 fully saturated rings. The first kappa shape index (κ1) is 14.8. The Bertz CT molecular complexity index is 620. The van der Waals surface area contributed by atoms with E-state index in [-0.39, 0.29) is 5.91 Å². The van der Waals surface area contributed by atoms with Crippen LogP contribution < -0.4 is 11.1 Å². The Kier molecular flexibility index (Phi) is 4.19. The Labute approximate surface area is 132 Å². The molecule has 2 aromatic rings. The van der Waals surface area contributed by atoms with E-state index in [2.05, 4.69) is 16.4 Å². The lowest BCUT2D eigenvalue weighted by Crippen LogP contribution is -2.59. The minimum absolute atomic E-state index is 0.236. The van der Waals surface area contributed by atoms with Crippen LogP contribution in [0.1, 0.15) is 19.8 Å². The second-order valence-corrected chi connectivity index (χ2v) is 7.63. The summed E-state index contributed by atoms with van der Waals surface area (Å²) in [6, 6.07) is 8.10. The van der Waals surface area contributed by atoms with E-state index in [0.717, 1.165) is 29.2 Å². The molecule has 1 aliphatic rings. The topological polar surface area (TPSA) is 68.0 Å². The van der Waals surface area contributed by atoms with E-state index < -0.39 is 5.54 Å². The van der Waals surface area contributed by atoms with Crippen LogP contribution in [-0.2, 0) is 4.79 Å². The predicted molar refractivity (Wildman–Crippen MR) is 88.7 cm³/mol. The summed E-state index contributed by atoms with van der Waals surface area (Å²) in [4.78, 5) is 16.6. The van der Waals surface area contributed by atoms with Crippen LogP contribution in [-0.4, -0.2) is 28.7 Å². The summed E-state index contributed by atoms with van der Waals surface area (Å²) in [5.74, 6) is 0.790. The zero-order chi connectivity index (χ0) is 14.9. The zero-order valence-corrected chi connectivity index (χ0v) is 13.6. The number of carbonyl (C=O) groups is 1. The molecule has 6 heteroatoms. The van der Waals surface area contributed by atoms with E-state index in [0.29, 0.717) is 11.7 Å². The van der Waals surface area contributed by atoms with Gasteiger partial charge in [0.05, 0.1) is 10.2 Å². The predicted octanol–water partition coefficient (Wildman–Crippen LogP) is 2.63. The third-order valence-electron chi connectivity index (χ3n) is 3.90. The largest absolute Gasteiger partial charge is 0.368 e. The number of rotatable bonds is 7. The fraction of sp³-hybridized carbons (Fsp3) is 0.467. The molecule has 3 rings (SSSR count). The molecule has 3 N–H and O–H groups in total. The average molecular weight is 321 g/mol. The van der Waals surface area contributed by atoms with Gasteiger partial charge in [0.15, 0.2) is 4.34 Å². The van der Waals surface area contributed by atoms with Crippen LogP contribution in [0.2, 0.25) is 0 Å². The van der Waals surface area contributed by atoms with Crippen molar-refractivity contribution in [2.45, 2.75) is 29.6 Å². The SMILES string of the molecule is CCNC(CSc1nc2ccccc2s1)(C(N)=O)C1CC1. The molecule has 1 atom stereocenters. The molecule has 1 heterocycles. The lowest BCUT2D eigenvalue weighted by Gasteiger charge is -2.31. The molecule has 0 spiro atoms. The number of nitrogens with two attached hydrogens (primary N) is 1. The van der Waals surface area contributed by atoms with Crippen LogP contribution in [0.3, 0.4) is 0 Å². The first-order chi connectivity index (χ1) is 10.2. The number of para-hydroxylation sites is 1. The molecule has 0 bridgehead atoms. The van der Waals surface area contributed by atoms with E-state index >= 15 is 0 Å². The van der Waals surface area contributed by atoms with Gasteiger partial charge in [-0.15, -0.1) is 11.3 Å². The Morgan fingerprint density at radius 1 is 1.52 bits per heavy atom. The van der Waals surface area contributed by atoms with Gasteiger partial charge in [0.1, 0.15) is 5.54 Å². The Hall–Kier alpha value is -1.11. The highest BCUT2D eigenvalue weighted by molar-refractivity contribution is 8.01. The molecular formula is C15H19N3OS2. The first-order valence-corrected chi connectivity index (χ1v) is 8.99. The quantitative estimate of drug-likeness (QED) is 0.769. The van der Waals surface area contributed by atoms with E-state index in [1.165, 1.54) is 4.70 Å². The van der Waals surface area contributed by atoms with Crippen molar-refractivity contribution in [2.24, 2.45) is 11.7 Å². The van der Waals surface area contributed by atoms with E-state index in [9.17, 15) is 4.79 Å². The number of likely N-dealkylation sites (N-methyl/N-ethyl adjacent to an activating group) is 1. The molecule has 4 nitrogen and oxygen atoms in total. The van der Waals surface area contributed by atoms with E-state index in [4.69, 9.17) is 5.73 Å². The van der Waals surface area contributed by atoms with Gasteiger partial charge in [0.25, 0.3) is 0 Å². The summed E-state index contributed by atoms with van der Waals surface area (Å²) in [6.45, 7) is 2.77. The van der Waals surface area contributed by atoms with Gasteiger partial charge in [0, 0.05) is 5.75 Å². The van der Waals surface area contributed by atoms with Crippen molar-refractivity contribution in [1.29, 1.82) is 0 Å². The van der Waals surface area contributed by atoms with Gasteiger partial charge in [-0.25, -0.2) is 4.98 Å². The number of primary amides is 1. The van der Waals surface area contributed by atoms with Gasteiger partial charge >= 0.3 is 0 Å². The number of fused-ring (bicyclic) bond motifs is 1. The normalized spacial score (nSPS) is 17.8. The number of hydrogen-bond acceptors (Lipinski definition) is 5. The van der Waals surface area contributed by atoms with Gasteiger partial charge in [-0.3, -0.25) is 4.79 Å². The maximum atomic E-state index is 12.0. The first-order valence-electron chi connectivity index (χ1n) is 7.19. The van der Waals surface area contributed by atoms with E-state index in [1.807, 2.05) is 25.1 Å². The Morgan fingerprint density at radius 3 is 2.90 bits per heavy atom. The zero-order valence-electron chi connectivity index (χ0n) is 12.0. The van der Waals surface area contributed by atoms with Crippen molar-refractivity contribution in [3.8, 4) is 0 Å². The lowest BCUT2D eigenvalue weighted by atomic mass is 9.94. The highest BCUT2D eigenvalue weighted by atomic mass is 32.2. The van der Waals surface area contributed by atoms with Gasteiger partial charge < -0.3 is 11.1 Å². The number of nitrogens with zero attached hydrogens (tertiary/aromatic N) is 1. The van der Waals surface area contributed by atoms with Gasteiger partial charge in [-0.2, -0.15) is 0 Å². The smallest absolute Gasteiger partial charge is 0.238 e. The second kappa shape index (κ2) is 5.94. The summed E-state index contributed by atoms with van der Waals surface area (Å²) in [5, 5.41) is 3.34. The van der Waals surface area contributed by atoms with E-state index in [1.54, 1.807) is 23.1 Å². The van der Waals surface area contributed by atoms with Crippen LogP contribution in [0, 0.1) is 5.92 Å². The summed E-state index contributed by atoms with van der Waals surface area (Å²) in [7, 11) is 0. The second-order valence-electron chi connectivity index (χ2n) is 5.38. The monoisotopic (exact) mass is 321 g/mol. The number of thiazole rings is 1. The molecule has 112 valence electrons. The van der Waals surface area contributed by atoms with Crippen LogP contribution >= 0.6 is 23.1 Å². The average Bonchev–Trinajstić information content (AvgIpc) is 3.23. The molecule has 1 saturated carbocycles. The van der Waals surface area contributed by atoms with Crippen LogP contribution in [0.4, 0.5) is 0 Å². The number of benzene rings is 1. The van der Waals surface area contributed by atoms with Crippen LogP contribution in [0.15, 0.2) is 28.6 Å². The van der Waals surface area contributed by atoms with Gasteiger partial charge in [0.2, 0.25) is 5.91 Å². The number of aromatic nitrogens is 1. The summed E-state index contributed by atoms with van der Waals surface area (Å²) in [6.07, 6.45) is 2.16. The summed E-state index contributed by atoms with van der Waals surface area (Å²) >= 11 is 3.31. The number of hydrogen-bond donors (Lipinski definition) is 2. The molecule has 1 unspecified atom stereocenters. The molecule has 21 heavy (non-hydrogen) atoms. The molecule has 1 aliphatic carbocycles. The Balaban J connectivity index is 1.78. The highest BCUT2D eigenvalue weighted by Crippen LogP contribution is 2.43. The molecule has 0 saturated heterocycles. The van der Waals surface area contributed by atoms with Crippen molar-refractivity contribution in [3.63, 3.8) is 0 Å². The third kappa shape index (κ3) is 2.93. The van der Waals surface area contributed by atoms with Crippen molar-refractivity contribution in [2.75, 3.05) is 12.3 Å². The highest BCUT2D eigenvalue weighted by Gasteiger charge is 2.49. The minimum Gasteiger partial charge on any atom is -0.368 e.